The Bertz CT molecular complexity index is 921. The molecule has 1 aliphatic rings. The van der Waals surface area contributed by atoms with Gasteiger partial charge in [-0.25, -0.2) is 14.5 Å². The molecule has 0 spiro atoms. The van der Waals surface area contributed by atoms with E-state index in [4.69, 9.17) is 4.74 Å². The molecule has 1 fully saturated rings. The second-order valence-electron chi connectivity index (χ2n) is 5.99. The van der Waals surface area contributed by atoms with Gasteiger partial charge in [-0.1, -0.05) is 11.3 Å². The van der Waals surface area contributed by atoms with E-state index in [-0.39, 0.29) is 23.8 Å². The molecule has 150 valence electrons. The maximum Gasteiger partial charge on any atom is 0.350 e. The topological polar surface area (TPSA) is 106 Å². The van der Waals surface area contributed by atoms with Gasteiger partial charge < -0.3 is 15.0 Å². The van der Waals surface area contributed by atoms with Crippen LogP contribution in [-0.4, -0.2) is 57.8 Å². The molecule has 0 saturated carbocycles. The SMILES string of the molecule is CCOC(=O)c1sc(NC(=O)Cn2nc(N3CCSCC3)ccc2=O)nc1C. The first-order valence-corrected chi connectivity index (χ1v) is 10.8. The zero-order chi connectivity index (χ0) is 20.1. The molecule has 0 atom stereocenters. The van der Waals surface area contributed by atoms with E-state index in [1.807, 2.05) is 11.8 Å². The molecule has 1 saturated heterocycles. The van der Waals surface area contributed by atoms with Gasteiger partial charge in [0.25, 0.3) is 5.56 Å². The smallest absolute Gasteiger partial charge is 0.350 e. The van der Waals surface area contributed by atoms with E-state index in [0.717, 1.165) is 40.6 Å². The van der Waals surface area contributed by atoms with E-state index in [9.17, 15) is 14.4 Å². The first kappa shape index (κ1) is 20.3. The molecule has 2 aromatic heterocycles. The summed E-state index contributed by atoms with van der Waals surface area (Å²) >= 11 is 2.92. The first-order valence-electron chi connectivity index (χ1n) is 8.83. The van der Waals surface area contributed by atoms with Crippen molar-refractivity contribution in [2.24, 2.45) is 0 Å². The number of hydrogen-bond acceptors (Lipinski definition) is 9. The standard InChI is InChI=1S/C17H21N5O4S2/c1-3-26-16(25)15-11(2)18-17(28-15)19-13(23)10-22-14(24)5-4-12(20-22)21-6-8-27-9-7-21/h4-5H,3,6-10H2,1-2H3,(H,18,19,23). The number of hydrogen-bond donors (Lipinski definition) is 1. The summed E-state index contributed by atoms with van der Waals surface area (Å²) in [7, 11) is 0. The van der Waals surface area contributed by atoms with Crippen LogP contribution < -0.4 is 15.8 Å². The highest BCUT2D eigenvalue weighted by molar-refractivity contribution is 7.99. The highest BCUT2D eigenvalue weighted by Gasteiger charge is 2.18. The van der Waals surface area contributed by atoms with Crippen molar-refractivity contribution in [2.45, 2.75) is 20.4 Å². The van der Waals surface area contributed by atoms with Crippen molar-refractivity contribution in [1.82, 2.24) is 14.8 Å². The highest BCUT2D eigenvalue weighted by atomic mass is 32.2. The van der Waals surface area contributed by atoms with Crippen molar-refractivity contribution in [1.29, 1.82) is 0 Å². The van der Waals surface area contributed by atoms with Crippen LogP contribution in [0.2, 0.25) is 0 Å². The molecule has 0 aliphatic carbocycles. The van der Waals surface area contributed by atoms with Gasteiger partial charge >= 0.3 is 5.97 Å². The van der Waals surface area contributed by atoms with Crippen molar-refractivity contribution in [3.05, 3.63) is 33.1 Å². The summed E-state index contributed by atoms with van der Waals surface area (Å²) in [5.41, 5.74) is 0.131. The fourth-order valence-corrected chi connectivity index (χ4v) is 4.42. The number of amides is 1. The molecule has 0 radical (unpaired) electrons. The van der Waals surface area contributed by atoms with Gasteiger partial charge in [-0.2, -0.15) is 16.9 Å². The zero-order valence-electron chi connectivity index (χ0n) is 15.6. The van der Waals surface area contributed by atoms with Gasteiger partial charge in [0.15, 0.2) is 5.13 Å². The number of aromatic nitrogens is 3. The van der Waals surface area contributed by atoms with Crippen LogP contribution in [0.3, 0.4) is 0 Å². The minimum atomic E-state index is -0.469. The van der Waals surface area contributed by atoms with Gasteiger partial charge in [0, 0.05) is 30.7 Å². The van der Waals surface area contributed by atoms with Crippen LogP contribution >= 0.6 is 23.1 Å². The third-order valence-electron chi connectivity index (χ3n) is 3.98. The fraction of sp³-hybridized carbons (Fsp3) is 0.471. The summed E-state index contributed by atoms with van der Waals surface area (Å²) in [6.45, 7) is 5.14. The van der Waals surface area contributed by atoms with E-state index in [1.165, 1.54) is 6.07 Å². The number of ether oxygens (including phenoxy) is 1. The molecule has 0 bridgehead atoms. The number of nitrogens with zero attached hydrogens (tertiary/aromatic N) is 4. The Morgan fingerprint density at radius 1 is 1.29 bits per heavy atom. The second-order valence-corrected chi connectivity index (χ2v) is 8.21. The maximum absolute atomic E-state index is 12.4. The van der Waals surface area contributed by atoms with Crippen molar-refractivity contribution >= 4 is 45.9 Å². The van der Waals surface area contributed by atoms with Crippen LogP contribution in [0.4, 0.5) is 10.9 Å². The second kappa shape index (κ2) is 9.20. The molecule has 3 heterocycles. The fourth-order valence-electron chi connectivity index (χ4n) is 2.64. The molecule has 1 aliphatic heterocycles. The van der Waals surface area contributed by atoms with E-state index in [0.29, 0.717) is 16.4 Å². The van der Waals surface area contributed by atoms with E-state index < -0.39 is 11.9 Å². The van der Waals surface area contributed by atoms with Crippen LogP contribution in [0, 0.1) is 6.92 Å². The minimum absolute atomic E-state index is 0.234. The van der Waals surface area contributed by atoms with Gasteiger partial charge in [0.2, 0.25) is 5.91 Å². The quantitative estimate of drug-likeness (QED) is 0.695. The first-order chi connectivity index (χ1) is 13.5. The Morgan fingerprint density at radius 3 is 2.75 bits per heavy atom. The number of anilines is 2. The Morgan fingerprint density at radius 2 is 2.04 bits per heavy atom. The summed E-state index contributed by atoms with van der Waals surface area (Å²) in [6.07, 6.45) is 0. The molecule has 0 unspecified atom stereocenters. The molecule has 9 nitrogen and oxygen atoms in total. The number of thiazole rings is 1. The summed E-state index contributed by atoms with van der Waals surface area (Å²) < 4.78 is 6.10. The van der Waals surface area contributed by atoms with Crippen molar-refractivity contribution in [2.75, 3.05) is 41.4 Å². The Labute approximate surface area is 170 Å². The highest BCUT2D eigenvalue weighted by Crippen LogP contribution is 2.23. The Hall–Kier alpha value is -2.40. The Kier molecular flexibility index (Phi) is 6.68. The molecule has 2 aromatic rings. The van der Waals surface area contributed by atoms with Crippen LogP contribution in [-0.2, 0) is 16.1 Å². The molecule has 1 amide bonds. The van der Waals surface area contributed by atoms with Crippen molar-refractivity contribution in [3.63, 3.8) is 0 Å². The molecule has 28 heavy (non-hydrogen) atoms. The molecule has 1 N–H and O–H groups in total. The molecule has 3 rings (SSSR count). The van der Waals surface area contributed by atoms with Crippen molar-refractivity contribution in [3.8, 4) is 0 Å². The lowest BCUT2D eigenvalue weighted by atomic mass is 10.4. The van der Waals surface area contributed by atoms with Gasteiger partial charge in [-0.05, 0) is 19.9 Å². The monoisotopic (exact) mass is 423 g/mol. The van der Waals surface area contributed by atoms with Gasteiger partial charge in [-0.15, -0.1) is 0 Å². The van der Waals surface area contributed by atoms with Gasteiger partial charge in [0.05, 0.1) is 12.3 Å². The van der Waals surface area contributed by atoms with Crippen LogP contribution in [0.5, 0.6) is 0 Å². The lowest BCUT2D eigenvalue weighted by Gasteiger charge is -2.27. The zero-order valence-corrected chi connectivity index (χ0v) is 17.3. The minimum Gasteiger partial charge on any atom is -0.462 e. The Balaban J connectivity index is 1.69. The third-order valence-corrected chi connectivity index (χ3v) is 5.98. The summed E-state index contributed by atoms with van der Waals surface area (Å²) in [6, 6.07) is 3.10. The average molecular weight is 424 g/mol. The molecular weight excluding hydrogens is 402 g/mol. The maximum atomic E-state index is 12.4. The van der Waals surface area contributed by atoms with Crippen LogP contribution in [0.25, 0.3) is 0 Å². The number of nitrogens with one attached hydrogen (secondary N) is 1. The number of aryl methyl sites for hydroxylation is 1. The summed E-state index contributed by atoms with van der Waals surface area (Å²) in [5, 5.41) is 7.22. The van der Waals surface area contributed by atoms with Gasteiger partial charge in [-0.3, -0.25) is 9.59 Å². The van der Waals surface area contributed by atoms with Crippen LogP contribution in [0.15, 0.2) is 16.9 Å². The number of esters is 1. The molecule has 11 heteroatoms. The van der Waals surface area contributed by atoms with Gasteiger partial charge in [0.1, 0.15) is 17.2 Å². The average Bonchev–Trinajstić information content (AvgIpc) is 3.04. The normalized spacial score (nSPS) is 14.0. The van der Waals surface area contributed by atoms with E-state index in [1.54, 1.807) is 19.9 Å². The van der Waals surface area contributed by atoms with Crippen LogP contribution in [0.1, 0.15) is 22.3 Å². The predicted molar refractivity (Wildman–Crippen MR) is 109 cm³/mol. The van der Waals surface area contributed by atoms with Crippen molar-refractivity contribution < 1.29 is 14.3 Å². The number of carbonyl (C=O) groups is 2. The number of thioether (sulfide) groups is 1. The summed E-state index contributed by atoms with van der Waals surface area (Å²) in [5.74, 6) is 1.79. The molecular formula is C17H21N5O4S2. The number of carbonyl (C=O) groups excluding carboxylic acids is 2. The molecule has 0 aromatic carbocycles. The van der Waals surface area contributed by atoms with E-state index in [2.05, 4.69) is 20.3 Å². The third kappa shape index (κ3) is 4.90. The number of rotatable bonds is 6. The lowest BCUT2D eigenvalue weighted by Crippen LogP contribution is -2.36. The summed E-state index contributed by atoms with van der Waals surface area (Å²) in [4.78, 5) is 42.9. The lowest BCUT2D eigenvalue weighted by molar-refractivity contribution is -0.117. The largest absolute Gasteiger partial charge is 0.462 e. The van der Waals surface area contributed by atoms with E-state index >= 15 is 0 Å². The predicted octanol–water partition coefficient (Wildman–Crippen LogP) is 1.38.